The molecule has 0 unspecified atom stereocenters. The van der Waals surface area contributed by atoms with Gasteiger partial charge in [0.25, 0.3) is 0 Å². The maximum atomic E-state index is 13.5. The van der Waals surface area contributed by atoms with E-state index in [9.17, 15) is 9.59 Å². The first-order chi connectivity index (χ1) is 15.4. The smallest absolute Gasteiger partial charge is 0.243 e. The van der Waals surface area contributed by atoms with E-state index in [1.54, 1.807) is 35.2 Å². The molecule has 1 N–H and O–H groups in total. The number of hydrogen-bond acceptors (Lipinski definition) is 2. The second-order valence-electron chi connectivity index (χ2n) is 8.29. The Labute approximate surface area is 205 Å². The van der Waals surface area contributed by atoms with Crippen molar-refractivity contribution >= 4 is 46.6 Å². The molecule has 32 heavy (non-hydrogen) atoms. The Balaban J connectivity index is 1.84. The summed E-state index contributed by atoms with van der Waals surface area (Å²) >= 11 is 18.7. The molecular weight excluding hydrogens is 467 g/mol. The highest BCUT2D eigenvalue weighted by Crippen LogP contribution is 2.26. The predicted molar refractivity (Wildman–Crippen MR) is 131 cm³/mol. The van der Waals surface area contributed by atoms with Gasteiger partial charge in [0.1, 0.15) is 6.04 Å². The molecule has 3 rings (SSSR count). The summed E-state index contributed by atoms with van der Waals surface area (Å²) in [6, 6.07) is 12.1. The summed E-state index contributed by atoms with van der Waals surface area (Å²) < 4.78 is 0. The minimum absolute atomic E-state index is 0.0271. The number of nitrogens with zero attached hydrogens (tertiary/aromatic N) is 1. The van der Waals surface area contributed by atoms with Crippen LogP contribution in [0, 0.1) is 0 Å². The third-order valence-corrected chi connectivity index (χ3v) is 6.95. The molecule has 2 aromatic rings. The molecule has 0 spiro atoms. The molecule has 7 heteroatoms. The number of rotatable bonds is 8. The lowest BCUT2D eigenvalue weighted by atomic mass is 9.95. The first kappa shape index (κ1) is 24.9. The molecule has 1 atom stereocenters. The van der Waals surface area contributed by atoms with Crippen LogP contribution in [0.4, 0.5) is 0 Å². The standard InChI is InChI=1S/C25H29Cl3N2O2/c1-2-23(25(32)29-19-7-4-3-5-8-19)30(16-17-11-13-18(26)14-12-17)24(31)15-20-21(27)9-6-10-22(20)28/h6,9-14,19,23H,2-5,7-8,15-16H2,1H3,(H,29,32)/t23-/m1/s1. The van der Waals surface area contributed by atoms with Gasteiger partial charge in [0, 0.05) is 27.7 Å². The molecule has 1 aliphatic carbocycles. The number of amides is 2. The number of nitrogens with one attached hydrogen (secondary N) is 1. The van der Waals surface area contributed by atoms with E-state index in [4.69, 9.17) is 34.8 Å². The normalized spacial score (nSPS) is 15.2. The van der Waals surface area contributed by atoms with E-state index in [0.717, 1.165) is 31.2 Å². The van der Waals surface area contributed by atoms with Crippen LogP contribution in [0.1, 0.15) is 56.6 Å². The van der Waals surface area contributed by atoms with Crippen LogP contribution in [0.5, 0.6) is 0 Å². The molecule has 0 radical (unpaired) electrons. The maximum Gasteiger partial charge on any atom is 0.243 e. The summed E-state index contributed by atoms with van der Waals surface area (Å²) in [7, 11) is 0. The molecule has 172 valence electrons. The minimum Gasteiger partial charge on any atom is -0.352 e. The monoisotopic (exact) mass is 494 g/mol. The van der Waals surface area contributed by atoms with Crippen LogP contribution < -0.4 is 5.32 Å². The van der Waals surface area contributed by atoms with E-state index in [0.29, 0.717) is 33.6 Å². The third-order valence-electron chi connectivity index (χ3n) is 5.99. The summed E-state index contributed by atoms with van der Waals surface area (Å²) in [6.07, 6.45) is 5.97. The summed E-state index contributed by atoms with van der Waals surface area (Å²) in [5.74, 6) is -0.299. The number of halogens is 3. The number of carbonyl (C=O) groups is 2. The lowest BCUT2D eigenvalue weighted by molar-refractivity contribution is -0.141. The van der Waals surface area contributed by atoms with Gasteiger partial charge in [0.05, 0.1) is 6.42 Å². The van der Waals surface area contributed by atoms with Gasteiger partial charge in [0.15, 0.2) is 0 Å². The van der Waals surface area contributed by atoms with Crippen molar-refractivity contribution in [3.05, 3.63) is 68.7 Å². The largest absolute Gasteiger partial charge is 0.352 e. The fourth-order valence-corrected chi connectivity index (χ4v) is 4.86. The zero-order valence-electron chi connectivity index (χ0n) is 18.3. The van der Waals surface area contributed by atoms with Crippen LogP contribution in [0.2, 0.25) is 15.1 Å². The second kappa shape index (κ2) is 11.9. The van der Waals surface area contributed by atoms with Crippen LogP contribution in [0.25, 0.3) is 0 Å². The minimum atomic E-state index is -0.582. The van der Waals surface area contributed by atoms with Gasteiger partial charge in [-0.1, -0.05) is 79.2 Å². The molecule has 4 nitrogen and oxygen atoms in total. The van der Waals surface area contributed by atoms with Gasteiger partial charge < -0.3 is 10.2 Å². The van der Waals surface area contributed by atoms with E-state index in [1.165, 1.54) is 6.42 Å². The molecule has 0 aromatic heterocycles. The summed E-state index contributed by atoms with van der Waals surface area (Å²) in [6.45, 7) is 2.23. The van der Waals surface area contributed by atoms with Gasteiger partial charge in [-0.05, 0) is 54.7 Å². The first-order valence-electron chi connectivity index (χ1n) is 11.2. The van der Waals surface area contributed by atoms with Crippen molar-refractivity contribution in [2.75, 3.05) is 0 Å². The van der Waals surface area contributed by atoms with Crippen molar-refractivity contribution in [1.82, 2.24) is 10.2 Å². The molecule has 2 aromatic carbocycles. The van der Waals surface area contributed by atoms with Gasteiger partial charge >= 0.3 is 0 Å². The van der Waals surface area contributed by atoms with Crippen LogP contribution >= 0.6 is 34.8 Å². The Morgan fingerprint density at radius 3 is 2.22 bits per heavy atom. The van der Waals surface area contributed by atoms with E-state index in [-0.39, 0.29) is 24.3 Å². The summed E-state index contributed by atoms with van der Waals surface area (Å²) in [5, 5.41) is 4.69. The van der Waals surface area contributed by atoms with Crippen molar-refractivity contribution in [3.8, 4) is 0 Å². The Morgan fingerprint density at radius 1 is 1.00 bits per heavy atom. The molecular formula is C25H29Cl3N2O2. The molecule has 1 fully saturated rings. The third kappa shape index (κ3) is 6.63. The highest BCUT2D eigenvalue weighted by molar-refractivity contribution is 6.36. The quantitative estimate of drug-likeness (QED) is 0.458. The zero-order chi connectivity index (χ0) is 23.1. The van der Waals surface area contributed by atoms with Crippen molar-refractivity contribution in [3.63, 3.8) is 0 Å². The SMILES string of the molecule is CC[C@H](C(=O)NC1CCCCC1)N(Cc1ccc(Cl)cc1)C(=O)Cc1c(Cl)cccc1Cl. The van der Waals surface area contributed by atoms with Gasteiger partial charge in [-0.15, -0.1) is 0 Å². The van der Waals surface area contributed by atoms with Crippen molar-refractivity contribution in [2.24, 2.45) is 0 Å². The van der Waals surface area contributed by atoms with E-state index in [2.05, 4.69) is 5.32 Å². The van der Waals surface area contributed by atoms with Crippen molar-refractivity contribution in [1.29, 1.82) is 0 Å². The molecule has 0 saturated heterocycles. The molecule has 1 saturated carbocycles. The van der Waals surface area contributed by atoms with Crippen LogP contribution in [0.3, 0.4) is 0 Å². The van der Waals surface area contributed by atoms with Gasteiger partial charge in [-0.3, -0.25) is 9.59 Å². The average molecular weight is 496 g/mol. The highest BCUT2D eigenvalue weighted by Gasteiger charge is 2.31. The molecule has 2 amide bonds. The summed E-state index contributed by atoms with van der Waals surface area (Å²) in [5.41, 5.74) is 1.47. The fourth-order valence-electron chi connectivity index (χ4n) is 4.20. The topological polar surface area (TPSA) is 49.4 Å². The lowest BCUT2D eigenvalue weighted by Crippen LogP contribution is -2.52. The Morgan fingerprint density at radius 2 is 1.62 bits per heavy atom. The summed E-state index contributed by atoms with van der Waals surface area (Å²) in [4.78, 5) is 28.4. The lowest BCUT2D eigenvalue weighted by Gasteiger charge is -2.33. The Hall–Kier alpha value is -1.75. The predicted octanol–water partition coefficient (Wildman–Crippen LogP) is 6.45. The number of benzene rings is 2. The molecule has 0 aliphatic heterocycles. The first-order valence-corrected chi connectivity index (χ1v) is 12.3. The fraction of sp³-hybridized carbons (Fsp3) is 0.440. The average Bonchev–Trinajstić information content (AvgIpc) is 2.78. The Bertz CT molecular complexity index is 907. The van der Waals surface area contributed by atoms with Gasteiger partial charge in [-0.2, -0.15) is 0 Å². The molecule has 0 bridgehead atoms. The van der Waals surface area contributed by atoms with Crippen LogP contribution in [-0.4, -0.2) is 28.8 Å². The van der Waals surface area contributed by atoms with Gasteiger partial charge in [-0.25, -0.2) is 0 Å². The van der Waals surface area contributed by atoms with E-state index >= 15 is 0 Å². The van der Waals surface area contributed by atoms with Crippen molar-refractivity contribution < 1.29 is 9.59 Å². The zero-order valence-corrected chi connectivity index (χ0v) is 20.5. The van der Waals surface area contributed by atoms with Crippen LogP contribution in [-0.2, 0) is 22.6 Å². The van der Waals surface area contributed by atoms with Crippen molar-refractivity contribution in [2.45, 2.75) is 70.5 Å². The number of hydrogen-bond donors (Lipinski definition) is 1. The van der Waals surface area contributed by atoms with E-state index < -0.39 is 6.04 Å². The highest BCUT2D eigenvalue weighted by atomic mass is 35.5. The second-order valence-corrected chi connectivity index (χ2v) is 9.54. The Kier molecular flexibility index (Phi) is 9.27. The number of carbonyl (C=O) groups excluding carboxylic acids is 2. The van der Waals surface area contributed by atoms with Crippen LogP contribution in [0.15, 0.2) is 42.5 Å². The molecule has 0 heterocycles. The van der Waals surface area contributed by atoms with E-state index in [1.807, 2.05) is 19.1 Å². The maximum absolute atomic E-state index is 13.5. The van der Waals surface area contributed by atoms with Gasteiger partial charge in [0.2, 0.25) is 11.8 Å². The molecule has 1 aliphatic rings.